The van der Waals surface area contributed by atoms with E-state index in [0.29, 0.717) is 23.2 Å². The molecule has 0 aromatic heterocycles. The van der Waals surface area contributed by atoms with Gasteiger partial charge in [0.05, 0.1) is 0 Å². The van der Waals surface area contributed by atoms with E-state index >= 15 is 0 Å². The number of nitrogens with zero attached hydrogens (tertiary/aromatic N) is 1. The van der Waals surface area contributed by atoms with Gasteiger partial charge in [0.15, 0.2) is 0 Å². The Morgan fingerprint density at radius 3 is 3.06 bits per heavy atom. The number of rotatable bonds is 5. The fourth-order valence-electron chi connectivity index (χ4n) is 2.61. The maximum atomic E-state index is 13.6. The maximum absolute atomic E-state index is 13.6. The van der Waals surface area contributed by atoms with Crippen molar-refractivity contribution < 1.29 is 4.39 Å². The molecule has 1 aromatic rings. The average Bonchev–Trinajstić information content (AvgIpc) is 2.80. The summed E-state index contributed by atoms with van der Waals surface area (Å²) in [5, 5.41) is 3.82. The zero-order valence-corrected chi connectivity index (χ0v) is 11.5. The molecule has 2 nitrogen and oxygen atoms in total. The second-order valence-electron chi connectivity index (χ2n) is 4.76. The Morgan fingerprint density at radius 2 is 2.33 bits per heavy atom. The molecule has 0 saturated carbocycles. The molecule has 100 valence electrons. The van der Waals surface area contributed by atoms with E-state index < -0.39 is 0 Å². The number of likely N-dealkylation sites (tertiary alicyclic amines) is 1. The summed E-state index contributed by atoms with van der Waals surface area (Å²) in [7, 11) is 0. The summed E-state index contributed by atoms with van der Waals surface area (Å²) < 4.78 is 13.6. The molecule has 1 saturated heterocycles. The molecule has 0 bridgehead atoms. The summed E-state index contributed by atoms with van der Waals surface area (Å²) in [5.41, 5.74) is 0.570. The number of benzene rings is 1. The fraction of sp³-hybridized carbons (Fsp3) is 0.571. The molecular weight excluding hydrogens is 251 g/mol. The minimum Gasteiger partial charge on any atom is -0.311 e. The Labute approximate surface area is 113 Å². The largest absolute Gasteiger partial charge is 0.311 e. The van der Waals surface area contributed by atoms with Crippen molar-refractivity contribution in [3.8, 4) is 0 Å². The monoisotopic (exact) mass is 270 g/mol. The number of hydrogen-bond acceptors (Lipinski definition) is 2. The first-order valence-corrected chi connectivity index (χ1v) is 6.97. The molecule has 2 rings (SSSR count). The average molecular weight is 271 g/mol. The summed E-state index contributed by atoms with van der Waals surface area (Å²) in [5.74, 6) is -0.228. The lowest BCUT2D eigenvalue weighted by molar-refractivity contribution is 0.259. The molecule has 1 unspecified atom stereocenters. The Balaban J connectivity index is 1.85. The molecule has 0 radical (unpaired) electrons. The first kappa shape index (κ1) is 13.8. The van der Waals surface area contributed by atoms with Crippen LogP contribution in [0, 0.1) is 5.82 Å². The number of nitrogens with one attached hydrogen (secondary N) is 1. The molecule has 1 aliphatic heterocycles. The Hall–Kier alpha value is -0.640. The molecule has 1 fully saturated rings. The van der Waals surface area contributed by atoms with Crippen molar-refractivity contribution in [3.63, 3.8) is 0 Å². The molecule has 1 N–H and O–H groups in total. The van der Waals surface area contributed by atoms with Crippen molar-refractivity contribution in [3.05, 3.63) is 34.6 Å². The summed E-state index contributed by atoms with van der Waals surface area (Å²) >= 11 is 5.99. The van der Waals surface area contributed by atoms with Gasteiger partial charge in [0.1, 0.15) is 5.82 Å². The van der Waals surface area contributed by atoms with Crippen LogP contribution in [-0.2, 0) is 6.54 Å². The van der Waals surface area contributed by atoms with Gasteiger partial charge in [0, 0.05) is 29.7 Å². The predicted octanol–water partition coefficient (Wildman–Crippen LogP) is 3.05. The van der Waals surface area contributed by atoms with E-state index in [2.05, 4.69) is 17.1 Å². The minimum absolute atomic E-state index is 0.228. The summed E-state index contributed by atoms with van der Waals surface area (Å²) in [6.45, 7) is 5.86. The van der Waals surface area contributed by atoms with Gasteiger partial charge < -0.3 is 5.32 Å². The lowest BCUT2D eigenvalue weighted by Gasteiger charge is -2.23. The van der Waals surface area contributed by atoms with Crippen molar-refractivity contribution in [2.75, 3.05) is 19.6 Å². The van der Waals surface area contributed by atoms with Crippen molar-refractivity contribution >= 4 is 11.6 Å². The van der Waals surface area contributed by atoms with Crippen LogP contribution in [0.3, 0.4) is 0 Å². The van der Waals surface area contributed by atoms with Crippen LogP contribution in [0.5, 0.6) is 0 Å². The summed E-state index contributed by atoms with van der Waals surface area (Å²) in [6, 6.07) is 5.41. The van der Waals surface area contributed by atoms with Gasteiger partial charge >= 0.3 is 0 Å². The van der Waals surface area contributed by atoms with Gasteiger partial charge in [-0.05, 0) is 38.1 Å². The second kappa shape index (κ2) is 6.50. The van der Waals surface area contributed by atoms with Crippen molar-refractivity contribution in [1.29, 1.82) is 0 Å². The van der Waals surface area contributed by atoms with Crippen LogP contribution in [0.4, 0.5) is 4.39 Å². The fourth-order valence-corrected chi connectivity index (χ4v) is 2.84. The highest BCUT2D eigenvalue weighted by Gasteiger charge is 2.22. The van der Waals surface area contributed by atoms with E-state index in [1.807, 2.05) is 0 Å². The molecule has 0 spiro atoms. The molecule has 1 atom stereocenters. The second-order valence-corrected chi connectivity index (χ2v) is 5.16. The molecule has 4 heteroatoms. The Kier molecular flexibility index (Phi) is 4.98. The molecule has 18 heavy (non-hydrogen) atoms. The Morgan fingerprint density at radius 1 is 1.50 bits per heavy atom. The smallest absolute Gasteiger partial charge is 0.129 e. The molecule has 1 aliphatic rings. The van der Waals surface area contributed by atoms with Gasteiger partial charge in [0.2, 0.25) is 0 Å². The normalized spacial score (nSPS) is 20.5. The summed E-state index contributed by atoms with van der Waals surface area (Å²) in [4.78, 5) is 2.47. The third-order valence-corrected chi connectivity index (χ3v) is 4.00. The number of likely N-dealkylation sites (N-methyl/N-ethyl adjacent to an activating group) is 1. The van der Waals surface area contributed by atoms with Crippen LogP contribution >= 0.6 is 11.6 Å². The molecule has 0 amide bonds. The standard InChI is InChI=1S/C14H20ClFN2/c1-2-18-8-4-5-11(18)9-17-10-12-13(15)6-3-7-14(12)16/h3,6-7,11,17H,2,4-5,8-10H2,1H3. The number of halogens is 2. The van der Waals surface area contributed by atoms with E-state index in [1.165, 1.54) is 25.5 Å². The molecule has 0 aliphatic carbocycles. The zero-order valence-electron chi connectivity index (χ0n) is 10.8. The molecule has 1 heterocycles. The Bertz CT molecular complexity index is 377. The third-order valence-electron chi connectivity index (χ3n) is 3.65. The maximum Gasteiger partial charge on any atom is 0.129 e. The van der Waals surface area contributed by atoms with Crippen molar-refractivity contribution in [2.45, 2.75) is 32.4 Å². The zero-order chi connectivity index (χ0) is 13.0. The first-order chi connectivity index (χ1) is 8.72. The predicted molar refractivity (Wildman–Crippen MR) is 73.4 cm³/mol. The topological polar surface area (TPSA) is 15.3 Å². The highest BCUT2D eigenvalue weighted by molar-refractivity contribution is 6.31. The van der Waals surface area contributed by atoms with E-state index in [1.54, 1.807) is 12.1 Å². The van der Waals surface area contributed by atoms with E-state index in [4.69, 9.17) is 11.6 Å². The van der Waals surface area contributed by atoms with Crippen LogP contribution in [0.2, 0.25) is 5.02 Å². The summed E-state index contributed by atoms with van der Waals surface area (Å²) in [6.07, 6.45) is 2.49. The lowest BCUT2D eigenvalue weighted by Crippen LogP contribution is -2.37. The van der Waals surface area contributed by atoms with Crippen LogP contribution in [0.25, 0.3) is 0 Å². The first-order valence-electron chi connectivity index (χ1n) is 6.60. The number of hydrogen-bond donors (Lipinski definition) is 1. The van der Waals surface area contributed by atoms with Gasteiger partial charge in [-0.25, -0.2) is 4.39 Å². The van der Waals surface area contributed by atoms with Crippen LogP contribution in [0.15, 0.2) is 18.2 Å². The van der Waals surface area contributed by atoms with Crippen LogP contribution in [0.1, 0.15) is 25.3 Å². The van der Waals surface area contributed by atoms with E-state index in [9.17, 15) is 4.39 Å². The van der Waals surface area contributed by atoms with Gasteiger partial charge in [-0.2, -0.15) is 0 Å². The highest BCUT2D eigenvalue weighted by atomic mass is 35.5. The van der Waals surface area contributed by atoms with Gasteiger partial charge in [0.25, 0.3) is 0 Å². The SMILES string of the molecule is CCN1CCCC1CNCc1c(F)cccc1Cl. The highest BCUT2D eigenvalue weighted by Crippen LogP contribution is 2.19. The molecular formula is C14H20ClFN2. The van der Waals surface area contributed by atoms with E-state index in [0.717, 1.165) is 13.1 Å². The quantitative estimate of drug-likeness (QED) is 0.885. The van der Waals surface area contributed by atoms with Gasteiger partial charge in [-0.1, -0.05) is 24.6 Å². The van der Waals surface area contributed by atoms with Crippen molar-refractivity contribution in [1.82, 2.24) is 10.2 Å². The van der Waals surface area contributed by atoms with Crippen LogP contribution in [-0.4, -0.2) is 30.6 Å². The van der Waals surface area contributed by atoms with Crippen molar-refractivity contribution in [2.24, 2.45) is 0 Å². The van der Waals surface area contributed by atoms with Gasteiger partial charge in [-0.3, -0.25) is 4.90 Å². The third kappa shape index (κ3) is 3.22. The minimum atomic E-state index is -0.228. The molecule has 1 aromatic carbocycles. The van der Waals surface area contributed by atoms with Gasteiger partial charge in [-0.15, -0.1) is 0 Å². The van der Waals surface area contributed by atoms with E-state index in [-0.39, 0.29) is 5.82 Å². The lowest BCUT2D eigenvalue weighted by atomic mass is 10.2. The van der Waals surface area contributed by atoms with Crippen LogP contribution < -0.4 is 5.32 Å².